The Bertz CT molecular complexity index is 474. The van der Waals surface area contributed by atoms with E-state index in [0.717, 1.165) is 5.02 Å². The molecule has 76 valence electrons. The maximum absolute atomic E-state index is 5.86. The lowest BCUT2D eigenvalue weighted by molar-refractivity contribution is 1.44. The lowest BCUT2D eigenvalue weighted by Gasteiger charge is -2.05. The smallest absolute Gasteiger partial charge is 0.0406 e. The summed E-state index contributed by atoms with van der Waals surface area (Å²) in [5, 5.41) is 0.779. The van der Waals surface area contributed by atoms with Crippen molar-refractivity contribution in [3.63, 3.8) is 0 Å². The molecule has 0 aliphatic heterocycles. The highest BCUT2D eigenvalue weighted by atomic mass is 127. The van der Waals surface area contributed by atoms with E-state index >= 15 is 0 Å². The molecule has 0 heterocycles. The molecule has 0 aliphatic rings. The second-order valence-corrected chi connectivity index (χ2v) is 5.09. The van der Waals surface area contributed by atoms with Gasteiger partial charge in [-0.2, -0.15) is 0 Å². The van der Waals surface area contributed by atoms with E-state index in [0.29, 0.717) is 0 Å². The first kappa shape index (κ1) is 11.0. The SMILES string of the molecule is Cc1ccc(-c2ccc(Cl)cc2)c(I)c1. The molecule has 0 fully saturated rings. The topological polar surface area (TPSA) is 0 Å². The van der Waals surface area contributed by atoms with Crippen LogP contribution in [0.5, 0.6) is 0 Å². The fourth-order valence-corrected chi connectivity index (χ4v) is 2.59. The van der Waals surface area contributed by atoms with Crippen LogP contribution in [0, 0.1) is 10.5 Å². The van der Waals surface area contributed by atoms with Crippen LogP contribution in [0.25, 0.3) is 11.1 Å². The average Bonchev–Trinajstić information content (AvgIpc) is 2.20. The van der Waals surface area contributed by atoms with E-state index in [1.54, 1.807) is 0 Å². The minimum Gasteiger partial charge on any atom is -0.0843 e. The van der Waals surface area contributed by atoms with Crippen molar-refractivity contribution in [2.45, 2.75) is 6.92 Å². The van der Waals surface area contributed by atoms with Crippen molar-refractivity contribution >= 4 is 34.2 Å². The summed E-state index contributed by atoms with van der Waals surface area (Å²) in [6.07, 6.45) is 0. The van der Waals surface area contributed by atoms with Crippen LogP contribution in [0.3, 0.4) is 0 Å². The van der Waals surface area contributed by atoms with E-state index in [2.05, 4.69) is 59.8 Å². The molecule has 0 radical (unpaired) electrons. The minimum absolute atomic E-state index is 0.779. The molecule has 0 saturated carbocycles. The van der Waals surface area contributed by atoms with Crippen LogP contribution in [-0.2, 0) is 0 Å². The Kier molecular flexibility index (Phi) is 3.32. The van der Waals surface area contributed by atoms with Gasteiger partial charge in [0.2, 0.25) is 0 Å². The fourth-order valence-electron chi connectivity index (χ4n) is 1.48. The number of halogens is 2. The van der Waals surface area contributed by atoms with E-state index in [1.807, 2.05) is 12.1 Å². The minimum atomic E-state index is 0.779. The summed E-state index contributed by atoms with van der Waals surface area (Å²) in [5.74, 6) is 0. The largest absolute Gasteiger partial charge is 0.0843 e. The highest BCUT2D eigenvalue weighted by Gasteiger charge is 2.02. The van der Waals surface area contributed by atoms with Crippen LogP contribution in [0.1, 0.15) is 5.56 Å². The van der Waals surface area contributed by atoms with Crippen molar-refractivity contribution in [2.75, 3.05) is 0 Å². The normalized spacial score (nSPS) is 10.3. The average molecular weight is 329 g/mol. The van der Waals surface area contributed by atoms with Crippen LogP contribution in [0.4, 0.5) is 0 Å². The molecule has 0 aromatic heterocycles. The highest BCUT2D eigenvalue weighted by molar-refractivity contribution is 14.1. The number of benzene rings is 2. The number of hydrogen-bond donors (Lipinski definition) is 0. The van der Waals surface area contributed by atoms with Crippen molar-refractivity contribution < 1.29 is 0 Å². The van der Waals surface area contributed by atoms with Crippen LogP contribution in [0.15, 0.2) is 42.5 Å². The standard InChI is InChI=1S/C13H10ClI/c1-9-2-7-12(13(15)8-9)10-3-5-11(14)6-4-10/h2-8H,1H3. The lowest BCUT2D eigenvalue weighted by atomic mass is 10.0. The van der Waals surface area contributed by atoms with Crippen LogP contribution >= 0.6 is 34.2 Å². The molecule has 0 spiro atoms. The van der Waals surface area contributed by atoms with Gasteiger partial charge in [-0.3, -0.25) is 0 Å². The predicted molar refractivity (Wildman–Crippen MR) is 74.3 cm³/mol. The van der Waals surface area contributed by atoms with Gasteiger partial charge in [-0.05, 0) is 58.8 Å². The molecular weight excluding hydrogens is 318 g/mol. The highest BCUT2D eigenvalue weighted by Crippen LogP contribution is 2.26. The van der Waals surface area contributed by atoms with Crippen molar-refractivity contribution in [1.29, 1.82) is 0 Å². The Labute approximate surface area is 108 Å². The number of hydrogen-bond acceptors (Lipinski definition) is 0. The second kappa shape index (κ2) is 4.54. The van der Waals surface area contributed by atoms with Gasteiger partial charge in [0, 0.05) is 8.59 Å². The van der Waals surface area contributed by atoms with Crippen LogP contribution in [-0.4, -0.2) is 0 Å². The Morgan fingerprint density at radius 3 is 2.27 bits per heavy atom. The van der Waals surface area contributed by atoms with Crippen molar-refractivity contribution in [3.05, 3.63) is 56.6 Å². The van der Waals surface area contributed by atoms with Gasteiger partial charge in [0.05, 0.1) is 0 Å². The predicted octanol–water partition coefficient (Wildman–Crippen LogP) is 4.92. The van der Waals surface area contributed by atoms with Gasteiger partial charge in [-0.1, -0.05) is 41.4 Å². The van der Waals surface area contributed by atoms with E-state index in [-0.39, 0.29) is 0 Å². The summed E-state index contributed by atoms with van der Waals surface area (Å²) in [7, 11) is 0. The van der Waals surface area contributed by atoms with Crippen molar-refractivity contribution in [1.82, 2.24) is 0 Å². The maximum Gasteiger partial charge on any atom is 0.0406 e. The molecule has 2 aromatic carbocycles. The Hall–Kier alpha value is -0.540. The number of aryl methyl sites for hydroxylation is 1. The first-order valence-corrected chi connectivity index (χ1v) is 6.14. The van der Waals surface area contributed by atoms with Crippen molar-refractivity contribution in [3.8, 4) is 11.1 Å². The lowest BCUT2D eigenvalue weighted by Crippen LogP contribution is -1.83. The first-order chi connectivity index (χ1) is 7.16. The summed E-state index contributed by atoms with van der Waals surface area (Å²) < 4.78 is 1.27. The van der Waals surface area contributed by atoms with Crippen LogP contribution in [0.2, 0.25) is 5.02 Å². The van der Waals surface area contributed by atoms with Gasteiger partial charge in [-0.25, -0.2) is 0 Å². The quantitative estimate of drug-likeness (QED) is 0.652. The van der Waals surface area contributed by atoms with Gasteiger partial charge >= 0.3 is 0 Å². The molecule has 0 atom stereocenters. The summed E-state index contributed by atoms with van der Waals surface area (Å²) in [4.78, 5) is 0. The van der Waals surface area contributed by atoms with Gasteiger partial charge in [0.15, 0.2) is 0 Å². The third-order valence-corrected chi connectivity index (χ3v) is 3.42. The summed E-state index contributed by atoms with van der Waals surface area (Å²) in [6, 6.07) is 14.4. The molecule has 0 nitrogen and oxygen atoms in total. The fraction of sp³-hybridized carbons (Fsp3) is 0.0769. The molecule has 0 unspecified atom stereocenters. The molecule has 0 saturated heterocycles. The zero-order chi connectivity index (χ0) is 10.8. The summed E-state index contributed by atoms with van der Waals surface area (Å²) in [5.41, 5.74) is 3.76. The molecule has 0 amide bonds. The molecule has 15 heavy (non-hydrogen) atoms. The molecular formula is C13H10ClI. The van der Waals surface area contributed by atoms with Crippen LogP contribution < -0.4 is 0 Å². The van der Waals surface area contributed by atoms with E-state index in [4.69, 9.17) is 11.6 Å². The molecule has 2 heteroatoms. The third kappa shape index (κ3) is 2.52. The maximum atomic E-state index is 5.86. The van der Waals surface area contributed by atoms with Gasteiger partial charge < -0.3 is 0 Å². The number of rotatable bonds is 1. The van der Waals surface area contributed by atoms with E-state index in [9.17, 15) is 0 Å². The zero-order valence-electron chi connectivity index (χ0n) is 8.30. The molecule has 2 aromatic rings. The Balaban J connectivity index is 2.49. The third-order valence-electron chi connectivity index (χ3n) is 2.28. The molecule has 0 bridgehead atoms. The van der Waals surface area contributed by atoms with Gasteiger partial charge in [0.25, 0.3) is 0 Å². The summed E-state index contributed by atoms with van der Waals surface area (Å²) in [6.45, 7) is 2.10. The molecule has 2 rings (SSSR count). The second-order valence-electron chi connectivity index (χ2n) is 3.49. The molecule has 0 N–H and O–H groups in total. The van der Waals surface area contributed by atoms with Gasteiger partial charge in [-0.15, -0.1) is 0 Å². The Morgan fingerprint density at radius 2 is 1.67 bits per heavy atom. The monoisotopic (exact) mass is 328 g/mol. The Morgan fingerprint density at radius 1 is 1.00 bits per heavy atom. The van der Waals surface area contributed by atoms with E-state index in [1.165, 1.54) is 20.3 Å². The molecule has 0 aliphatic carbocycles. The zero-order valence-corrected chi connectivity index (χ0v) is 11.2. The first-order valence-electron chi connectivity index (χ1n) is 4.69. The summed E-state index contributed by atoms with van der Waals surface area (Å²) >= 11 is 8.23. The van der Waals surface area contributed by atoms with Crippen molar-refractivity contribution in [2.24, 2.45) is 0 Å². The van der Waals surface area contributed by atoms with E-state index < -0.39 is 0 Å². The van der Waals surface area contributed by atoms with Gasteiger partial charge in [0.1, 0.15) is 0 Å².